The topological polar surface area (TPSA) is 113 Å². The molecule has 26 heavy (non-hydrogen) atoms. The Morgan fingerprint density at radius 3 is 2.77 bits per heavy atom. The summed E-state index contributed by atoms with van der Waals surface area (Å²) in [5.74, 6) is -0.940. The molecule has 0 radical (unpaired) electrons. The summed E-state index contributed by atoms with van der Waals surface area (Å²) in [5.41, 5.74) is 4.12. The predicted molar refractivity (Wildman–Crippen MR) is 92.1 cm³/mol. The van der Waals surface area contributed by atoms with Crippen molar-refractivity contribution >= 4 is 17.8 Å². The Morgan fingerprint density at radius 1 is 1.27 bits per heavy atom. The second-order valence-corrected chi connectivity index (χ2v) is 5.21. The standard InChI is InChI=1S/C17H12FN5O3/c18-14-6-4-11(5-7-14)16-13(9-19-21-16)10-20-22-17(24)12-2-1-3-15(8-12)23(25)26/h1-10H,(H,19,21)(H,22,24)/b20-10+. The quantitative estimate of drug-likeness (QED) is 0.417. The van der Waals surface area contributed by atoms with E-state index < -0.39 is 10.8 Å². The largest absolute Gasteiger partial charge is 0.277 e. The molecule has 1 aromatic heterocycles. The van der Waals surface area contributed by atoms with Crippen molar-refractivity contribution in [2.24, 2.45) is 5.10 Å². The fourth-order valence-electron chi connectivity index (χ4n) is 2.23. The van der Waals surface area contributed by atoms with E-state index in [9.17, 15) is 19.3 Å². The van der Waals surface area contributed by atoms with Gasteiger partial charge in [0, 0.05) is 28.8 Å². The number of nitrogens with zero attached hydrogens (tertiary/aromatic N) is 3. The van der Waals surface area contributed by atoms with Gasteiger partial charge in [-0.05, 0) is 30.3 Å². The fourth-order valence-corrected chi connectivity index (χ4v) is 2.23. The maximum atomic E-state index is 13.0. The molecule has 0 fully saturated rings. The number of hydrogen-bond acceptors (Lipinski definition) is 5. The molecule has 130 valence electrons. The van der Waals surface area contributed by atoms with Crippen LogP contribution < -0.4 is 5.43 Å². The number of H-pyrrole nitrogens is 1. The van der Waals surface area contributed by atoms with Gasteiger partial charge in [-0.1, -0.05) is 6.07 Å². The normalized spacial score (nSPS) is 10.8. The zero-order valence-electron chi connectivity index (χ0n) is 13.2. The average Bonchev–Trinajstić information content (AvgIpc) is 3.11. The molecular weight excluding hydrogens is 341 g/mol. The molecule has 3 rings (SSSR count). The van der Waals surface area contributed by atoms with Crippen LogP contribution in [0.15, 0.2) is 59.8 Å². The van der Waals surface area contributed by atoms with E-state index in [0.717, 1.165) is 6.07 Å². The lowest BCUT2D eigenvalue weighted by Crippen LogP contribution is -2.17. The number of hydrazone groups is 1. The first-order valence-corrected chi connectivity index (χ1v) is 7.42. The van der Waals surface area contributed by atoms with Gasteiger partial charge in [0.25, 0.3) is 11.6 Å². The van der Waals surface area contributed by atoms with Crippen molar-refractivity contribution < 1.29 is 14.1 Å². The van der Waals surface area contributed by atoms with Crippen LogP contribution in [0.2, 0.25) is 0 Å². The first kappa shape index (κ1) is 17.0. The minimum Gasteiger partial charge on any atom is -0.277 e. The van der Waals surface area contributed by atoms with E-state index in [0.29, 0.717) is 16.8 Å². The van der Waals surface area contributed by atoms with Crippen LogP contribution in [-0.4, -0.2) is 27.2 Å². The Labute approximate surface area is 146 Å². The molecule has 2 aromatic carbocycles. The number of amides is 1. The van der Waals surface area contributed by atoms with Crippen molar-refractivity contribution in [2.75, 3.05) is 0 Å². The highest BCUT2D eigenvalue weighted by Crippen LogP contribution is 2.20. The van der Waals surface area contributed by atoms with Gasteiger partial charge >= 0.3 is 0 Å². The SMILES string of the molecule is O=C(N/N=C/c1cn[nH]c1-c1ccc(F)cc1)c1cccc([N+](=O)[O-])c1. The highest BCUT2D eigenvalue weighted by molar-refractivity contribution is 5.96. The Balaban J connectivity index is 1.73. The number of benzene rings is 2. The number of hydrogen-bond donors (Lipinski definition) is 2. The van der Waals surface area contributed by atoms with Crippen LogP contribution in [0.4, 0.5) is 10.1 Å². The Kier molecular flexibility index (Phi) is 4.79. The van der Waals surface area contributed by atoms with Crippen LogP contribution in [-0.2, 0) is 0 Å². The van der Waals surface area contributed by atoms with Gasteiger partial charge in [-0.3, -0.25) is 20.0 Å². The summed E-state index contributed by atoms with van der Waals surface area (Å²) in [6, 6.07) is 11.1. The van der Waals surface area contributed by atoms with Gasteiger partial charge in [0.05, 0.1) is 23.0 Å². The minimum absolute atomic E-state index is 0.113. The maximum absolute atomic E-state index is 13.0. The van der Waals surface area contributed by atoms with Crippen molar-refractivity contribution in [1.82, 2.24) is 15.6 Å². The molecule has 1 amide bonds. The van der Waals surface area contributed by atoms with E-state index >= 15 is 0 Å². The van der Waals surface area contributed by atoms with Crippen LogP contribution >= 0.6 is 0 Å². The van der Waals surface area contributed by atoms with Gasteiger partial charge in [0.2, 0.25) is 0 Å². The molecule has 2 N–H and O–H groups in total. The second-order valence-electron chi connectivity index (χ2n) is 5.21. The predicted octanol–water partition coefficient (Wildman–Crippen LogP) is 2.89. The Hall–Kier alpha value is -3.88. The number of aromatic amines is 1. The number of carbonyl (C=O) groups is 1. The van der Waals surface area contributed by atoms with Crippen LogP contribution in [0.3, 0.4) is 0 Å². The third-order valence-electron chi connectivity index (χ3n) is 3.49. The van der Waals surface area contributed by atoms with Crippen molar-refractivity contribution in [3.63, 3.8) is 0 Å². The van der Waals surface area contributed by atoms with E-state index in [2.05, 4.69) is 20.7 Å². The molecule has 0 bridgehead atoms. The van der Waals surface area contributed by atoms with Crippen molar-refractivity contribution in [3.05, 3.63) is 81.8 Å². The molecule has 0 spiro atoms. The molecule has 0 unspecified atom stereocenters. The number of aromatic nitrogens is 2. The summed E-state index contributed by atoms with van der Waals surface area (Å²) in [4.78, 5) is 22.2. The van der Waals surface area contributed by atoms with Crippen LogP contribution in [0.5, 0.6) is 0 Å². The molecule has 0 aliphatic carbocycles. The maximum Gasteiger partial charge on any atom is 0.271 e. The number of nitro groups is 1. The number of nitro benzene ring substituents is 1. The van der Waals surface area contributed by atoms with E-state index in [-0.39, 0.29) is 17.1 Å². The zero-order chi connectivity index (χ0) is 18.5. The van der Waals surface area contributed by atoms with Crippen LogP contribution in [0.1, 0.15) is 15.9 Å². The highest BCUT2D eigenvalue weighted by Gasteiger charge is 2.11. The van der Waals surface area contributed by atoms with Gasteiger partial charge < -0.3 is 0 Å². The van der Waals surface area contributed by atoms with Crippen molar-refractivity contribution in [1.29, 1.82) is 0 Å². The number of nitrogens with one attached hydrogen (secondary N) is 2. The molecule has 1 heterocycles. The summed E-state index contributed by atoms with van der Waals surface area (Å²) < 4.78 is 13.0. The molecule has 3 aromatic rings. The van der Waals surface area contributed by atoms with Crippen LogP contribution in [0, 0.1) is 15.9 Å². The second kappa shape index (κ2) is 7.34. The fraction of sp³-hybridized carbons (Fsp3) is 0. The molecule has 0 saturated carbocycles. The van der Waals surface area contributed by atoms with E-state index in [1.54, 1.807) is 12.1 Å². The van der Waals surface area contributed by atoms with E-state index in [1.807, 2.05) is 0 Å². The van der Waals surface area contributed by atoms with E-state index in [1.165, 1.54) is 42.7 Å². The smallest absolute Gasteiger partial charge is 0.271 e. The van der Waals surface area contributed by atoms with Gasteiger partial charge in [-0.25, -0.2) is 9.82 Å². The zero-order valence-corrected chi connectivity index (χ0v) is 13.2. The molecule has 0 atom stereocenters. The number of halogens is 1. The number of non-ortho nitro benzene ring substituents is 1. The molecular formula is C17H12FN5O3. The molecule has 0 aliphatic heterocycles. The Bertz CT molecular complexity index is 982. The molecule has 9 heteroatoms. The summed E-state index contributed by atoms with van der Waals surface area (Å²) in [5, 5.41) is 21.3. The van der Waals surface area contributed by atoms with Crippen molar-refractivity contribution in [3.8, 4) is 11.3 Å². The minimum atomic E-state index is -0.586. The molecule has 0 saturated heterocycles. The third kappa shape index (κ3) is 3.78. The highest BCUT2D eigenvalue weighted by atomic mass is 19.1. The first-order chi connectivity index (χ1) is 12.5. The van der Waals surface area contributed by atoms with Gasteiger partial charge in [0.15, 0.2) is 0 Å². The summed E-state index contributed by atoms with van der Waals surface area (Å²) in [6.45, 7) is 0. The third-order valence-corrected chi connectivity index (χ3v) is 3.49. The monoisotopic (exact) mass is 353 g/mol. The summed E-state index contributed by atoms with van der Waals surface area (Å²) in [7, 11) is 0. The lowest BCUT2D eigenvalue weighted by atomic mass is 10.1. The lowest BCUT2D eigenvalue weighted by Gasteiger charge is -2.01. The van der Waals surface area contributed by atoms with Crippen molar-refractivity contribution in [2.45, 2.75) is 0 Å². The van der Waals surface area contributed by atoms with Gasteiger partial charge in [0.1, 0.15) is 5.82 Å². The van der Waals surface area contributed by atoms with Gasteiger partial charge in [-0.2, -0.15) is 10.2 Å². The number of carbonyl (C=O) groups excluding carboxylic acids is 1. The Morgan fingerprint density at radius 2 is 2.04 bits per heavy atom. The van der Waals surface area contributed by atoms with Crippen LogP contribution in [0.25, 0.3) is 11.3 Å². The van der Waals surface area contributed by atoms with Gasteiger partial charge in [-0.15, -0.1) is 0 Å². The summed E-state index contributed by atoms with van der Waals surface area (Å²) >= 11 is 0. The molecule has 8 nitrogen and oxygen atoms in total. The average molecular weight is 353 g/mol. The lowest BCUT2D eigenvalue weighted by molar-refractivity contribution is -0.384. The van der Waals surface area contributed by atoms with E-state index in [4.69, 9.17) is 0 Å². The number of rotatable bonds is 5. The molecule has 0 aliphatic rings. The summed E-state index contributed by atoms with van der Waals surface area (Å²) in [6.07, 6.45) is 2.87. The first-order valence-electron chi connectivity index (χ1n) is 7.42.